The van der Waals surface area contributed by atoms with Gasteiger partial charge in [-0.1, -0.05) is 38.5 Å². The van der Waals surface area contributed by atoms with E-state index in [9.17, 15) is 4.79 Å². The number of ether oxygens (including phenoxy) is 3. The zero-order valence-electron chi connectivity index (χ0n) is 25.3. The predicted octanol–water partition coefficient (Wildman–Crippen LogP) is 8.11. The number of carbonyl (C=O) groups is 1. The molecular weight excluding hydrogens is 558 g/mol. The van der Waals surface area contributed by atoms with Crippen LogP contribution in [0.3, 0.4) is 0 Å². The molecule has 0 atom stereocenters. The van der Waals surface area contributed by atoms with Crippen LogP contribution in [0, 0.1) is 0 Å². The first-order valence-electron chi connectivity index (χ1n) is 14.8. The van der Waals surface area contributed by atoms with Gasteiger partial charge in [0, 0.05) is 53.0 Å². The van der Waals surface area contributed by atoms with Gasteiger partial charge in [0.05, 0.1) is 20.0 Å². The molecule has 0 fully saturated rings. The molecule has 0 aliphatic rings. The Morgan fingerprint density at radius 2 is 1.74 bits per heavy atom. The fraction of sp³-hybridized carbons (Fsp3) is 0.314. The van der Waals surface area contributed by atoms with Crippen LogP contribution >= 0.6 is 11.8 Å². The largest absolute Gasteiger partial charge is 0.496 e. The van der Waals surface area contributed by atoms with Crippen molar-refractivity contribution in [1.82, 2.24) is 9.55 Å². The van der Waals surface area contributed by atoms with E-state index < -0.39 is 0 Å². The summed E-state index contributed by atoms with van der Waals surface area (Å²) in [5.74, 6) is 2.13. The number of imidazole rings is 1. The van der Waals surface area contributed by atoms with Crippen LogP contribution < -0.4 is 14.8 Å². The van der Waals surface area contributed by atoms with E-state index in [0.717, 1.165) is 71.2 Å². The van der Waals surface area contributed by atoms with Crippen molar-refractivity contribution in [2.75, 3.05) is 32.2 Å². The van der Waals surface area contributed by atoms with Gasteiger partial charge < -0.3 is 24.1 Å². The van der Waals surface area contributed by atoms with Gasteiger partial charge in [-0.05, 0) is 78.6 Å². The van der Waals surface area contributed by atoms with Crippen molar-refractivity contribution in [3.05, 3.63) is 96.6 Å². The van der Waals surface area contributed by atoms with Crippen molar-refractivity contribution >= 4 is 29.4 Å². The first-order valence-corrected chi connectivity index (χ1v) is 15.8. The highest BCUT2D eigenvalue weighted by molar-refractivity contribution is 7.98. The van der Waals surface area contributed by atoms with Gasteiger partial charge in [0.1, 0.15) is 18.1 Å². The molecule has 3 aromatic carbocycles. The normalized spacial score (nSPS) is 11.1. The highest BCUT2D eigenvalue weighted by atomic mass is 32.2. The minimum absolute atomic E-state index is 0.212. The van der Waals surface area contributed by atoms with E-state index in [4.69, 9.17) is 14.2 Å². The monoisotopic (exact) mass is 599 g/mol. The molecule has 4 rings (SSSR count). The molecule has 0 aliphatic heterocycles. The number of aromatic nitrogens is 2. The molecule has 0 saturated carbocycles. The summed E-state index contributed by atoms with van der Waals surface area (Å²) in [5.41, 5.74) is 4.82. The average Bonchev–Trinajstić information content (AvgIpc) is 3.48. The first kappa shape index (κ1) is 31.9. The van der Waals surface area contributed by atoms with Gasteiger partial charge >= 0.3 is 0 Å². The number of anilines is 1. The van der Waals surface area contributed by atoms with Crippen LogP contribution in [0.5, 0.6) is 11.5 Å². The minimum atomic E-state index is -0.212. The van der Waals surface area contributed by atoms with Gasteiger partial charge in [-0.15, -0.1) is 11.8 Å². The fourth-order valence-corrected chi connectivity index (χ4v) is 5.29. The summed E-state index contributed by atoms with van der Waals surface area (Å²) in [6.45, 7) is 7.17. The Bertz CT molecular complexity index is 1450. The lowest BCUT2D eigenvalue weighted by molar-refractivity contribution is -0.111. The smallest absolute Gasteiger partial charge is 0.248 e. The minimum Gasteiger partial charge on any atom is -0.496 e. The van der Waals surface area contributed by atoms with E-state index >= 15 is 0 Å². The van der Waals surface area contributed by atoms with Crippen LogP contribution in [0.4, 0.5) is 5.69 Å². The Kier molecular flexibility index (Phi) is 12.8. The molecule has 1 heterocycles. The number of rotatable bonds is 17. The lowest BCUT2D eigenvalue weighted by atomic mass is 10.0. The Morgan fingerprint density at radius 1 is 0.953 bits per heavy atom. The fourth-order valence-electron chi connectivity index (χ4n) is 4.41. The van der Waals surface area contributed by atoms with Crippen LogP contribution in [0.1, 0.15) is 44.4 Å². The number of nitrogens with one attached hydrogen (secondary N) is 1. The number of unbranched alkanes of at least 4 members (excludes halogenated alkanes) is 1. The molecule has 43 heavy (non-hydrogen) atoms. The molecule has 1 aromatic heterocycles. The Morgan fingerprint density at radius 3 is 2.49 bits per heavy atom. The van der Waals surface area contributed by atoms with E-state index in [1.807, 2.05) is 79.3 Å². The number of thioether (sulfide) groups is 1. The summed E-state index contributed by atoms with van der Waals surface area (Å²) >= 11 is 1.75. The molecule has 8 heteroatoms. The Hall–Kier alpha value is -4.01. The molecule has 0 radical (unpaired) electrons. The van der Waals surface area contributed by atoms with Crippen molar-refractivity contribution in [2.24, 2.45) is 0 Å². The van der Waals surface area contributed by atoms with E-state index in [0.29, 0.717) is 19.0 Å². The molecule has 1 N–H and O–H groups in total. The maximum Gasteiger partial charge on any atom is 0.248 e. The number of methoxy groups -OCH3 is 1. The SMILES string of the molecule is CCCCOCCOc1ccc(-c2ccc(OC)c(/C=C/C(=O)Nc3ccc(SCc4cncn4CCC)cc3)c2)cc1. The highest BCUT2D eigenvalue weighted by Crippen LogP contribution is 2.29. The lowest BCUT2D eigenvalue weighted by Crippen LogP contribution is -2.07. The van der Waals surface area contributed by atoms with E-state index in [1.165, 1.54) is 11.8 Å². The number of hydrogen-bond donors (Lipinski definition) is 1. The summed E-state index contributed by atoms with van der Waals surface area (Å²) in [4.78, 5) is 18.1. The second-order valence-electron chi connectivity index (χ2n) is 10.0. The van der Waals surface area contributed by atoms with Crippen molar-refractivity contribution in [3.8, 4) is 22.6 Å². The molecule has 1 amide bonds. The van der Waals surface area contributed by atoms with Crippen LogP contribution in [-0.4, -0.2) is 42.4 Å². The Balaban J connectivity index is 1.31. The molecule has 0 aliphatic carbocycles. The topological polar surface area (TPSA) is 74.6 Å². The molecule has 0 bridgehead atoms. The number of nitrogens with zero attached hydrogens (tertiary/aromatic N) is 2. The van der Waals surface area contributed by atoms with Crippen LogP contribution in [-0.2, 0) is 21.8 Å². The van der Waals surface area contributed by atoms with Crippen LogP contribution in [0.2, 0.25) is 0 Å². The van der Waals surface area contributed by atoms with Crippen molar-refractivity contribution in [3.63, 3.8) is 0 Å². The maximum atomic E-state index is 12.7. The molecule has 7 nitrogen and oxygen atoms in total. The first-order chi connectivity index (χ1) is 21.1. The third-order valence-electron chi connectivity index (χ3n) is 6.74. The third-order valence-corrected chi connectivity index (χ3v) is 7.79. The summed E-state index contributed by atoms with van der Waals surface area (Å²) in [5, 5.41) is 2.94. The second-order valence-corrected chi connectivity index (χ2v) is 11.1. The number of hydrogen-bond acceptors (Lipinski definition) is 6. The molecule has 0 saturated heterocycles. The molecule has 226 valence electrons. The predicted molar refractivity (Wildman–Crippen MR) is 176 cm³/mol. The van der Waals surface area contributed by atoms with Gasteiger partial charge in [-0.2, -0.15) is 0 Å². The zero-order chi connectivity index (χ0) is 30.3. The van der Waals surface area contributed by atoms with Crippen molar-refractivity contribution in [2.45, 2.75) is 50.3 Å². The molecular formula is C35H41N3O4S. The number of carbonyl (C=O) groups excluding carboxylic acids is 1. The van der Waals surface area contributed by atoms with E-state index in [2.05, 4.69) is 28.7 Å². The average molecular weight is 600 g/mol. The van der Waals surface area contributed by atoms with Gasteiger partial charge in [0.25, 0.3) is 0 Å². The summed E-state index contributed by atoms with van der Waals surface area (Å²) in [6, 6.07) is 21.8. The highest BCUT2D eigenvalue weighted by Gasteiger charge is 2.07. The lowest BCUT2D eigenvalue weighted by Gasteiger charge is -2.10. The molecule has 0 unspecified atom stereocenters. The van der Waals surface area contributed by atoms with Gasteiger partial charge in [0.2, 0.25) is 5.91 Å². The second kappa shape index (κ2) is 17.2. The molecule has 0 spiro atoms. The third kappa shape index (κ3) is 10.0. The quantitative estimate of drug-likeness (QED) is 0.0751. The van der Waals surface area contributed by atoms with Crippen LogP contribution in [0.25, 0.3) is 17.2 Å². The number of aryl methyl sites for hydroxylation is 1. The van der Waals surface area contributed by atoms with E-state index in [-0.39, 0.29) is 5.91 Å². The summed E-state index contributed by atoms with van der Waals surface area (Å²) < 4.78 is 19.1. The Labute approximate surface area is 259 Å². The number of amides is 1. The van der Waals surface area contributed by atoms with E-state index in [1.54, 1.807) is 24.9 Å². The standard InChI is InChI=1S/C35H41N3O4S/c1-4-6-20-41-21-22-42-32-13-7-27(8-14-32)28-9-17-34(40-3)29(23-28)10-18-35(39)37-30-11-15-33(16-12-30)43-25-31-24-36-26-38(31)19-5-2/h7-18,23-24,26H,4-6,19-22,25H2,1-3H3,(H,37,39)/b18-10+. The zero-order valence-corrected chi connectivity index (χ0v) is 26.1. The molecule has 4 aromatic rings. The van der Waals surface area contributed by atoms with Gasteiger partial charge in [0.15, 0.2) is 0 Å². The van der Waals surface area contributed by atoms with Gasteiger partial charge in [-0.25, -0.2) is 4.98 Å². The van der Waals surface area contributed by atoms with Crippen molar-refractivity contribution < 1.29 is 19.0 Å². The summed E-state index contributed by atoms with van der Waals surface area (Å²) in [7, 11) is 1.63. The van der Waals surface area contributed by atoms with Crippen LogP contribution in [0.15, 0.2) is 90.2 Å². The maximum absolute atomic E-state index is 12.7. The van der Waals surface area contributed by atoms with Crippen molar-refractivity contribution in [1.29, 1.82) is 0 Å². The number of benzene rings is 3. The van der Waals surface area contributed by atoms with Gasteiger partial charge in [-0.3, -0.25) is 4.79 Å². The summed E-state index contributed by atoms with van der Waals surface area (Å²) in [6.07, 6.45) is 10.4.